The SMILES string of the molecule is O=C1CC(OC2CCOC2)C1. The molecule has 0 radical (unpaired) electrons. The first-order valence-electron chi connectivity index (χ1n) is 4.09. The van der Waals surface area contributed by atoms with Crippen LogP contribution in [0.3, 0.4) is 0 Å². The summed E-state index contributed by atoms with van der Waals surface area (Å²) in [6.45, 7) is 1.52. The molecule has 3 heteroatoms. The van der Waals surface area contributed by atoms with Crippen LogP contribution in [-0.4, -0.2) is 31.2 Å². The third-order valence-electron chi connectivity index (χ3n) is 2.18. The van der Waals surface area contributed by atoms with E-state index in [0.717, 1.165) is 13.0 Å². The van der Waals surface area contributed by atoms with Gasteiger partial charge in [0.1, 0.15) is 5.78 Å². The van der Waals surface area contributed by atoms with E-state index >= 15 is 0 Å². The minimum absolute atomic E-state index is 0.203. The number of ketones is 1. The fraction of sp³-hybridized carbons (Fsp3) is 0.875. The summed E-state index contributed by atoms with van der Waals surface area (Å²) in [6.07, 6.45) is 2.69. The van der Waals surface area contributed by atoms with Crippen molar-refractivity contribution in [1.82, 2.24) is 0 Å². The van der Waals surface area contributed by atoms with Gasteiger partial charge in [0.25, 0.3) is 0 Å². The van der Waals surface area contributed by atoms with Gasteiger partial charge in [-0.15, -0.1) is 0 Å². The Labute approximate surface area is 65.7 Å². The van der Waals surface area contributed by atoms with E-state index in [2.05, 4.69) is 0 Å². The summed E-state index contributed by atoms with van der Waals surface area (Å²) in [7, 11) is 0. The Balaban J connectivity index is 1.69. The minimum Gasteiger partial charge on any atom is -0.379 e. The summed E-state index contributed by atoms with van der Waals surface area (Å²) in [6, 6.07) is 0. The summed E-state index contributed by atoms with van der Waals surface area (Å²) in [5, 5.41) is 0. The van der Waals surface area contributed by atoms with E-state index in [0.29, 0.717) is 25.2 Å². The Morgan fingerprint density at radius 1 is 1.36 bits per heavy atom. The molecular formula is C8H12O3. The van der Waals surface area contributed by atoms with Gasteiger partial charge in [0.2, 0.25) is 0 Å². The fourth-order valence-corrected chi connectivity index (χ4v) is 1.44. The second-order valence-corrected chi connectivity index (χ2v) is 3.19. The Morgan fingerprint density at radius 2 is 2.18 bits per heavy atom. The first kappa shape index (κ1) is 7.25. The van der Waals surface area contributed by atoms with Crippen molar-refractivity contribution in [2.45, 2.75) is 31.5 Å². The first-order chi connectivity index (χ1) is 5.34. The molecule has 1 unspecified atom stereocenters. The molecule has 0 aromatic carbocycles. The molecule has 11 heavy (non-hydrogen) atoms. The van der Waals surface area contributed by atoms with Gasteiger partial charge in [-0.1, -0.05) is 0 Å². The highest BCUT2D eigenvalue weighted by molar-refractivity contribution is 5.85. The van der Waals surface area contributed by atoms with Crippen LogP contribution in [0.15, 0.2) is 0 Å². The molecule has 1 aliphatic heterocycles. The van der Waals surface area contributed by atoms with Crippen LogP contribution in [0.4, 0.5) is 0 Å². The van der Waals surface area contributed by atoms with Crippen LogP contribution in [0.2, 0.25) is 0 Å². The van der Waals surface area contributed by atoms with Crippen molar-refractivity contribution in [3.63, 3.8) is 0 Å². The Hall–Kier alpha value is -0.410. The summed E-state index contributed by atoms with van der Waals surface area (Å²) in [4.78, 5) is 10.6. The van der Waals surface area contributed by atoms with Gasteiger partial charge < -0.3 is 9.47 Å². The average molecular weight is 156 g/mol. The fourth-order valence-electron chi connectivity index (χ4n) is 1.44. The van der Waals surface area contributed by atoms with E-state index in [4.69, 9.17) is 9.47 Å². The topological polar surface area (TPSA) is 35.5 Å². The van der Waals surface area contributed by atoms with Gasteiger partial charge in [-0.05, 0) is 6.42 Å². The number of hydrogen-bond acceptors (Lipinski definition) is 3. The molecule has 0 amide bonds. The van der Waals surface area contributed by atoms with E-state index < -0.39 is 0 Å². The maximum absolute atomic E-state index is 10.6. The third kappa shape index (κ3) is 1.60. The highest BCUT2D eigenvalue weighted by Crippen LogP contribution is 2.22. The van der Waals surface area contributed by atoms with Gasteiger partial charge in [0, 0.05) is 19.4 Å². The van der Waals surface area contributed by atoms with E-state index in [1.807, 2.05) is 0 Å². The molecule has 3 nitrogen and oxygen atoms in total. The number of Topliss-reactive ketones (excluding diaryl/α,β-unsaturated/α-hetero) is 1. The highest BCUT2D eigenvalue weighted by Gasteiger charge is 2.30. The van der Waals surface area contributed by atoms with Gasteiger partial charge in [-0.3, -0.25) is 4.79 Å². The van der Waals surface area contributed by atoms with Crippen molar-refractivity contribution < 1.29 is 14.3 Å². The molecule has 1 atom stereocenters. The second-order valence-electron chi connectivity index (χ2n) is 3.19. The number of hydrogen-bond donors (Lipinski definition) is 0. The first-order valence-corrected chi connectivity index (χ1v) is 4.09. The lowest BCUT2D eigenvalue weighted by Gasteiger charge is -2.26. The minimum atomic E-state index is 0.203. The summed E-state index contributed by atoms with van der Waals surface area (Å²) in [5.74, 6) is 0.328. The molecule has 0 bridgehead atoms. The molecule has 0 spiro atoms. The molecule has 2 aliphatic rings. The number of carbonyl (C=O) groups excluding carboxylic acids is 1. The van der Waals surface area contributed by atoms with Crippen LogP contribution >= 0.6 is 0 Å². The Morgan fingerprint density at radius 3 is 2.73 bits per heavy atom. The lowest BCUT2D eigenvalue weighted by molar-refractivity contribution is -0.138. The molecule has 1 heterocycles. The highest BCUT2D eigenvalue weighted by atomic mass is 16.6. The predicted molar refractivity (Wildman–Crippen MR) is 38.3 cm³/mol. The third-order valence-corrected chi connectivity index (χ3v) is 2.18. The zero-order valence-corrected chi connectivity index (χ0v) is 6.41. The largest absolute Gasteiger partial charge is 0.379 e. The lowest BCUT2D eigenvalue weighted by Crippen LogP contribution is -2.34. The monoisotopic (exact) mass is 156 g/mol. The number of rotatable bonds is 2. The number of ether oxygens (including phenoxy) is 2. The van der Waals surface area contributed by atoms with Crippen LogP contribution in [-0.2, 0) is 14.3 Å². The van der Waals surface area contributed by atoms with Crippen LogP contribution in [0, 0.1) is 0 Å². The van der Waals surface area contributed by atoms with Gasteiger partial charge in [0.05, 0.1) is 18.8 Å². The van der Waals surface area contributed by atoms with E-state index in [1.54, 1.807) is 0 Å². The standard InChI is InChI=1S/C8H12O3/c9-6-3-8(4-6)11-7-1-2-10-5-7/h7-8H,1-5H2. The van der Waals surface area contributed by atoms with Crippen molar-refractivity contribution in [3.05, 3.63) is 0 Å². The van der Waals surface area contributed by atoms with Crippen LogP contribution < -0.4 is 0 Å². The lowest BCUT2D eigenvalue weighted by atomic mass is 9.94. The van der Waals surface area contributed by atoms with E-state index in [-0.39, 0.29) is 12.2 Å². The molecule has 2 rings (SSSR count). The Kier molecular flexibility index (Phi) is 1.92. The van der Waals surface area contributed by atoms with Crippen LogP contribution in [0.5, 0.6) is 0 Å². The molecule has 0 aromatic rings. The smallest absolute Gasteiger partial charge is 0.138 e. The molecular weight excluding hydrogens is 144 g/mol. The molecule has 2 fully saturated rings. The zero-order chi connectivity index (χ0) is 7.68. The molecule has 1 saturated heterocycles. The van der Waals surface area contributed by atoms with Gasteiger partial charge >= 0.3 is 0 Å². The molecule has 1 aliphatic carbocycles. The number of carbonyl (C=O) groups is 1. The second kappa shape index (κ2) is 2.91. The summed E-state index contributed by atoms with van der Waals surface area (Å²) < 4.78 is 10.7. The molecule has 1 saturated carbocycles. The van der Waals surface area contributed by atoms with E-state index in [9.17, 15) is 4.79 Å². The van der Waals surface area contributed by atoms with Crippen molar-refractivity contribution >= 4 is 5.78 Å². The van der Waals surface area contributed by atoms with Gasteiger partial charge in [-0.2, -0.15) is 0 Å². The van der Waals surface area contributed by atoms with Crippen molar-refractivity contribution in [3.8, 4) is 0 Å². The molecule has 0 N–H and O–H groups in total. The van der Waals surface area contributed by atoms with Crippen molar-refractivity contribution in [1.29, 1.82) is 0 Å². The van der Waals surface area contributed by atoms with Crippen molar-refractivity contribution in [2.75, 3.05) is 13.2 Å². The van der Waals surface area contributed by atoms with Gasteiger partial charge in [0.15, 0.2) is 0 Å². The zero-order valence-electron chi connectivity index (χ0n) is 6.41. The quantitative estimate of drug-likeness (QED) is 0.584. The van der Waals surface area contributed by atoms with Crippen molar-refractivity contribution in [2.24, 2.45) is 0 Å². The average Bonchev–Trinajstić information content (AvgIpc) is 2.36. The van der Waals surface area contributed by atoms with E-state index in [1.165, 1.54) is 0 Å². The predicted octanol–water partition coefficient (Wildman–Crippen LogP) is 0.523. The normalized spacial score (nSPS) is 32.4. The maximum Gasteiger partial charge on any atom is 0.138 e. The van der Waals surface area contributed by atoms with Crippen LogP contribution in [0.1, 0.15) is 19.3 Å². The molecule has 62 valence electrons. The van der Waals surface area contributed by atoms with Gasteiger partial charge in [-0.25, -0.2) is 0 Å². The van der Waals surface area contributed by atoms with Crippen LogP contribution in [0.25, 0.3) is 0 Å². The summed E-state index contributed by atoms with van der Waals surface area (Å²) in [5.41, 5.74) is 0. The summed E-state index contributed by atoms with van der Waals surface area (Å²) >= 11 is 0. The maximum atomic E-state index is 10.6. The Bertz CT molecular complexity index is 153. The molecule has 0 aromatic heterocycles.